The summed E-state index contributed by atoms with van der Waals surface area (Å²) in [5, 5.41) is 2.85. The van der Waals surface area contributed by atoms with Gasteiger partial charge in [0.2, 0.25) is 5.91 Å². The average Bonchev–Trinajstić information content (AvgIpc) is 2.51. The van der Waals surface area contributed by atoms with Crippen molar-refractivity contribution >= 4 is 33.4 Å². The van der Waals surface area contributed by atoms with Crippen molar-refractivity contribution in [2.24, 2.45) is 0 Å². The smallest absolute Gasteiger partial charge is 0.253 e. The Bertz CT molecular complexity index is 733. The van der Waals surface area contributed by atoms with Crippen LogP contribution in [0.3, 0.4) is 0 Å². The Kier molecular flexibility index (Phi) is 4.20. The minimum Gasteiger partial charge on any atom is -0.348 e. The summed E-state index contributed by atoms with van der Waals surface area (Å²) in [5.74, 6) is -0.0411. The molecule has 1 aliphatic rings. The van der Waals surface area contributed by atoms with Gasteiger partial charge < -0.3 is 10.2 Å². The highest BCUT2D eigenvalue weighted by molar-refractivity contribution is 9.10. The number of carbonyl (C=O) groups is 2. The van der Waals surface area contributed by atoms with Gasteiger partial charge in [-0.1, -0.05) is 12.1 Å². The summed E-state index contributed by atoms with van der Waals surface area (Å²) in [7, 11) is 0. The Hall–Kier alpha value is -2.21. The summed E-state index contributed by atoms with van der Waals surface area (Å²) in [5.41, 5.74) is 2.34. The molecule has 1 N–H and O–H groups in total. The molecule has 6 heteroatoms. The van der Waals surface area contributed by atoms with Crippen LogP contribution >= 0.6 is 15.9 Å². The van der Waals surface area contributed by atoms with Crippen molar-refractivity contribution in [3.05, 3.63) is 58.3 Å². The van der Waals surface area contributed by atoms with E-state index in [1.54, 1.807) is 17.2 Å². The second-order valence-electron chi connectivity index (χ2n) is 5.04. The van der Waals surface area contributed by atoms with Gasteiger partial charge in [0.05, 0.1) is 5.56 Å². The molecule has 1 aromatic carbocycles. The molecule has 22 heavy (non-hydrogen) atoms. The quantitative estimate of drug-likeness (QED) is 0.853. The minimum absolute atomic E-state index is 0.140. The number of β-lactam (4-membered cyclic amide) rings is 1. The number of benzene rings is 1. The summed E-state index contributed by atoms with van der Waals surface area (Å²) in [4.78, 5) is 29.3. The molecule has 0 radical (unpaired) electrons. The van der Waals surface area contributed by atoms with E-state index in [9.17, 15) is 9.59 Å². The van der Waals surface area contributed by atoms with E-state index in [0.29, 0.717) is 18.5 Å². The summed E-state index contributed by atoms with van der Waals surface area (Å²) in [6.07, 6.45) is 3.76. The predicted octanol–water partition coefficient (Wildman–Crippen LogP) is 2.51. The zero-order chi connectivity index (χ0) is 15.5. The van der Waals surface area contributed by atoms with Crippen LogP contribution in [0.4, 0.5) is 5.69 Å². The number of halogens is 1. The molecule has 3 rings (SSSR count). The SMILES string of the molecule is O=C(NCc1cccc(N2CCC2=O)c1)c1cncc(Br)c1. The first-order valence-electron chi connectivity index (χ1n) is 6.91. The number of hydrogen-bond acceptors (Lipinski definition) is 3. The van der Waals surface area contributed by atoms with Gasteiger partial charge in [-0.3, -0.25) is 14.6 Å². The number of anilines is 1. The lowest BCUT2D eigenvalue weighted by molar-refractivity contribution is -0.122. The van der Waals surface area contributed by atoms with Crippen molar-refractivity contribution in [3.8, 4) is 0 Å². The fourth-order valence-electron chi connectivity index (χ4n) is 2.24. The van der Waals surface area contributed by atoms with Crippen LogP contribution in [0.15, 0.2) is 47.2 Å². The Balaban J connectivity index is 1.65. The third kappa shape index (κ3) is 3.17. The van der Waals surface area contributed by atoms with E-state index in [1.807, 2.05) is 24.3 Å². The van der Waals surface area contributed by atoms with Gasteiger partial charge in [-0.05, 0) is 39.7 Å². The van der Waals surface area contributed by atoms with Crippen LogP contribution in [-0.2, 0) is 11.3 Å². The number of carbonyl (C=O) groups excluding carboxylic acids is 2. The van der Waals surface area contributed by atoms with Crippen LogP contribution in [-0.4, -0.2) is 23.3 Å². The Morgan fingerprint density at radius 3 is 2.86 bits per heavy atom. The minimum atomic E-state index is -0.181. The van der Waals surface area contributed by atoms with Crippen LogP contribution in [0.25, 0.3) is 0 Å². The first kappa shape index (κ1) is 14.7. The first-order valence-corrected chi connectivity index (χ1v) is 7.71. The molecule has 2 heterocycles. The number of nitrogens with zero attached hydrogens (tertiary/aromatic N) is 2. The maximum absolute atomic E-state index is 12.1. The van der Waals surface area contributed by atoms with Gasteiger partial charge >= 0.3 is 0 Å². The molecule has 1 saturated heterocycles. The lowest BCUT2D eigenvalue weighted by Crippen LogP contribution is -2.43. The fourth-order valence-corrected chi connectivity index (χ4v) is 2.61. The zero-order valence-electron chi connectivity index (χ0n) is 11.8. The molecule has 2 amide bonds. The van der Waals surface area contributed by atoms with Crippen molar-refractivity contribution in [2.45, 2.75) is 13.0 Å². The lowest BCUT2D eigenvalue weighted by atomic mass is 10.1. The largest absolute Gasteiger partial charge is 0.348 e. The highest BCUT2D eigenvalue weighted by atomic mass is 79.9. The van der Waals surface area contributed by atoms with Gasteiger partial charge in [0.1, 0.15) is 0 Å². The molecule has 0 spiro atoms. The number of rotatable bonds is 4. The Morgan fingerprint density at radius 1 is 1.32 bits per heavy atom. The van der Waals surface area contributed by atoms with Crippen molar-refractivity contribution < 1.29 is 9.59 Å². The van der Waals surface area contributed by atoms with E-state index in [4.69, 9.17) is 0 Å². The predicted molar refractivity (Wildman–Crippen MR) is 86.5 cm³/mol. The zero-order valence-corrected chi connectivity index (χ0v) is 13.3. The van der Waals surface area contributed by atoms with Gasteiger partial charge in [-0.2, -0.15) is 0 Å². The fraction of sp³-hybridized carbons (Fsp3) is 0.188. The van der Waals surface area contributed by atoms with E-state index < -0.39 is 0 Å². The molecule has 112 valence electrons. The third-order valence-electron chi connectivity index (χ3n) is 3.49. The molecular formula is C16H14BrN3O2. The maximum Gasteiger partial charge on any atom is 0.253 e. The van der Waals surface area contributed by atoms with Crippen molar-refractivity contribution in [2.75, 3.05) is 11.4 Å². The van der Waals surface area contributed by atoms with Gasteiger partial charge in [-0.15, -0.1) is 0 Å². The highest BCUT2D eigenvalue weighted by Crippen LogP contribution is 2.22. The summed E-state index contributed by atoms with van der Waals surface area (Å²) in [6, 6.07) is 9.37. The topological polar surface area (TPSA) is 62.3 Å². The second-order valence-corrected chi connectivity index (χ2v) is 5.96. The Labute approximate surface area is 136 Å². The van der Waals surface area contributed by atoms with Crippen molar-refractivity contribution in [1.29, 1.82) is 0 Å². The summed E-state index contributed by atoms with van der Waals surface area (Å²) < 4.78 is 0.762. The molecule has 0 bridgehead atoms. The summed E-state index contributed by atoms with van der Waals surface area (Å²) in [6.45, 7) is 1.17. The molecule has 1 aromatic heterocycles. The van der Waals surface area contributed by atoms with E-state index in [0.717, 1.165) is 22.3 Å². The Morgan fingerprint density at radius 2 is 2.18 bits per heavy atom. The first-order chi connectivity index (χ1) is 10.6. The molecule has 0 saturated carbocycles. The van der Waals surface area contributed by atoms with Gasteiger partial charge in [0, 0.05) is 42.1 Å². The second kappa shape index (κ2) is 6.27. The number of aromatic nitrogens is 1. The standard InChI is InChI=1S/C16H14BrN3O2/c17-13-7-12(9-18-10-13)16(22)19-8-11-2-1-3-14(6-11)20-5-4-15(20)21/h1-3,6-7,9-10H,4-5,8H2,(H,19,22). The molecule has 1 fully saturated rings. The summed E-state index contributed by atoms with van der Waals surface area (Å²) >= 11 is 3.29. The molecular weight excluding hydrogens is 346 g/mol. The molecule has 0 atom stereocenters. The average molecular weight is 360 g/mol. The van der Waals surface area contributed by atoms with Crippen molar-refractivity contribution in [1.82, 2.24) is 10.3 Å². The highest BCUT2D eigenvalue weighted by Gasteiger charge is 2.25. The van der Waals surface area contributed by atoms with E-state index in [1.165, 1.54) is 6.20 Å². The third-order valence-corrected chi connectivity index (χ3v) is 3.93. The van der Waals surface area contributed by atoms with Crippen LogP contribution in [0.5, 0.6) is 0 Å². The van der Waals surface area contributed by atoms with Crippen LogP contribution in [0.2, 0.25) is 0 Å². The van der Waals surface area contributed by atoms with E-state index in [-0.39, 0.29) is 11.8 Å². The molecule has 5 nitrogen and oxygen atoms in total. The monoisotopic (exact) mass is 359 g/mol. The van der Waals surface area contributed by atoms with Crippen molar-refractivity contribution in [3.63, 3.8) is 0 Å². The number of nitrogens with one attached hydrogen (secondary N) is 1. The molecule has 1 aliphatic heterocycles. The molecule has 0 aliphatic carbocycles. The van der Waals surface area contributed by atoms with Crippen LogP contribution in [0, 0.1) is 0 Å². The number of hydrogen-bond donors (Lipinski definition) is 1. The molecule has 2 aromatic rings. The normalized spacial score (nSPS) is 13.7. The van der Waals surface area contributed by atoms with Crippen LogP contribution in [0.1, 0.15) is 22.3 Å². The maximum atomic E-state index is 12.1. The van der Waals surface area contributed by atoms with Gasteiger partial charge in [0.15, 0.2) is 0 Å². The lowest BCUT2D eigenvalue weighted by Gasteiger charge is -2.30. The number of pyridine rings is 1. The number of amides is 2. The van der Waals surface area contributed by atoms with Gasteiger partial charge in [-0.25, -0.2) is 0 Å². The van der Waals surface area contributed by atoms with E-state index >= 15 is 0 Å². The van der Waals surface area contributed by atoms with E-state index in [2.05, 4.69) is 26.2 Å². The van der Waals surface area contributed by atoms with Crippen LogP contribution < -0.4 is 10.2 Å². The van der Waals surface area contributed by atoms with Gasteiger partial charge in [0.25, 0.3) is 5.91 Å². The molecule has 0 unspecified atom stereocenters.